The fourth-order valence-electron chi connectivity index (χ4n) is 2.30. The van der Waals surface area contributed by atoms with Crippen LogP contribution in [-0.2, 0) is 21.2 Å². The normalized spacial score (nSPS) is 21.0. The highest BCUT2D eigenvalue weighted by atomic mass is 35.5. The van der Waals surface area contributed by atoms with Gasteiger partial charge in [0.05, 0.1) is 18.1 Å². The summed E-state index contributed by atoms with van der Waals surface area (Å²) in [6.45, 7) is 3.19. The van der Waals surface area contributed by atoms with Crippen LogP contribution >= 0.6 is 11.6 Å². The SMILES string of the molecule is CC1COCCN1S(=O)(=O)c1ccc(CCCCl)cc1. The predicted octanol–water partition coefficient (Wildman–Crippen LogP) is 2.27. The Balaban J connectivity index is 2.16. The molecule has 0 aromatic heterocycles. The van der Waals surface area contributed by atoms with E-state index in [1.807, 2.05) is 19.1 Å². The molecular formula is C14H20ClNO3S. The molecule has 1 fully saturated rings. The molecule has 0 spiro atoms. The second-order valence-electron chi connectivity index (χ2n) is 4.98. The van der Waals surface area contributed by atoms with Gasteiger partial charge < -0.3 is 4.74 Å². The highest BCUT2D eigenvalue weighted by Gasteiger charge is 2.31. The van der Waals surface area contributed by atoms with Gasteiger partial charge >= 0.3 is 0 Å². The molecule has 2 rings (SSSR count). The zero-order valence-electron chi connectivity index (χ0n) is 11.6. The third-order valence-corrected chi connectivity index (χ3v) is 5.73. The third-order valence-electron chi connectivity index (χ3n) is 3.44. The van der Waals surface area contributed by atoms with Crippen molar-refractivity contribution in [3.63, 3.8) is 0 Å². The predicted molar refractivity (Wildman–Crippen MR) is 79.7 cm³/mol. The van der Waals surface area contributed by atoms with Gasteiger partial charge in [0.2, 0.25) is 10.0 Å². The van der Waals surface area contributed by atoms with Crippen molar-refractivity contribution in [3.8, 4) is 0 Å². The van der Waals surface area contributed by atoms with Crippen molar-refractivity contribution in [2.75, 3.05) is 25.6 Å². The average Bonchev–Trinajstić information content (AvgIpc) is 2.46. The smallest absolute Gasteiger partial charge is 0.243 e. The summed E-state index contributed by atoms with van der Waals surface area (Å²) in [5.41, 5.74) is 1.11. The molecule has 4 nitrogen and oxygen atoms in total. The lowest BCUT2D eigenvalue weighted by Crippen LogP contribution is -2.46. The third kappa shape index (κ3) is 3.52. The molecule has 0 saturated carbocycles. The first-order valence-corrected chi connectivity index (χ1v) is 8.77. The van der Waals surface area contributed by atoms with Crippen LogP contribution in [0.1, 0.15) is 18.9 Å². The molecular weight excluding hydrogens is 298 g/mol. The van der Waals surface area contributed by atoms with Gasteiger partial charge in [-0.3, -0.25) is 0 Å². The molecule has 1 heterocycles. The Morgan fingerprint density at radius 3 is 2.65 bits per heavy atom. The number of benzene rings is 1. The molecule has 1 aromatic carbocycles. The minimum absolute atomic E-state index is 0.121. The van der Waals surface area contributed by atoms with E-state index in [9.17, 15) is 8.42 Å². The molecule has 20 heavy (non-hydrogen) atoms. The lowest BCUT2D eigenvalue weighted by Gasteiger charge is -2.32. The second-order valence-corrected chi connectivity index (χ2v) is 7.24. The van der Waals surface area contributed by atoms with Crippen LogP contribution in [0.25, 0.3) is 0 Å². The van der Waals surface area contributed by atoms with Crippen molar-refractivity contribution in [1.29, 1.82) is 0 Å². The molecule has 1 aliphatic heterocycles. The summed E-state index contributed by atoms with van der Waals surface area (Å²) in [7, 11) is -3.42. The van der Waals surface area contributed by atoms with Gasteiger partial charge in [-0.25, -0.2) is 8.42 Å². The second kappa shape index (κ2) is 6.89. The Labute approximate surface area is 125 Å². The number of ether oxygens (including phenoxy) is 1. The highest BCUT2D eigenvalue weighted by Crippen LogP contribution is 2.21. The van der Waals surface area contributed by atoms with Gasteiger partial charge in [0.1, 0.15) is 0 Å². The van der Waals surface area contributed by atoms with Gasteiger partial charge in [0, 0.05) is 18.5 Å². The van der Waals surface area contributed by atoms with E-state index in [4.69, 9.17) is 16.3 Å². The number of aryl methyl sites for hydroxylation is 1. The zero-order chi connectivity index (χ0) is 14.6. The first kappa shape index (κ1) is 15.8. The Morgan fingerprint density at radius 2 is 2.05 bits per heavy atom. The van der Waals surface area contributed by atoms with E-state index >= 15 is 0 Å². The van der Waals surface area contributed by atoms with E-state index in [1.54, 1.807) is 12.1 Å². The summed E-state index contributed by atoms with van der Waals surface area (Å²) in [4.78, 5) is 0.348. The maximum Gasteiger partial charge on any atom is 0.243 e. The summed E-state index contributed by atoms with van der Waals surface area (Å²) >= 11 is 5.66. The summed E-state index contributed by atoms with van der Waals surface area (Å²) < 4.78 is 32.0. The van der Waals surface area contributed by atoms with Crippen LogP contribution < -0.4 is 0 Å². The standard InChI is InChI=1S/C14H20ClNO3S/c1-12-11-19-10-9-16(12)20(17,18)14-6-4-13(5-7-14)3-2-8-15/h4-7,12H,2-3,8-11H2,1H3. The molecule has 1 saturated heterocycles. The number of morpholine rings is 1. The molecule has 0 radical (unpaired) electrons. The number of hydrogen-bond acceptors (Lipinski definition) is 3. The lowest BCUT2D eigenvalue weighted by molar-refractivity contribution is 0.0393. The number of alkyl halides is 1. The zero-order valence-corrected chi connectivity index (χ0v) is 13.2. The first-order valence-electron chi connectivity index (χ1n) is 6.80. The highest BCUT2D eigenvalue weighted by molar-refractivity contribution is 7.89. The van der Waals surface area contributed by atoms with E-state index in [2.05, 4.69) is 0 Å². The molecule has 6 heteroatoms. The van der Waals surface area contributed by atoms with Crippen LogP contribution in [0.15, 0.2) is 29.2 Å². The van der Waals surface area contributed by atoms with Crippen molar-refractivity contribution < 1.29 is 13.2 Å². The van der Waals surface area contributed by atoms with Crippen molar-refractivity contribution >= 4 is 21.6 Å². The minimum Gasteiger partial charge on any atom is -0.378 e. The van der Waals surface area contributed by atoms with Gasteiger partial charge in [-0.15, -0.1) is 11.6 Å². The van der Waals surface area contributed by atoms with Crippen LogP contribution in [0.4, 0.5) is 0 Å². The van der Waals surface area contributed by atoms with Gasteiger partial charge in [-0.2, -0.15) is 4.31 Å². The first-order chi connectivity index (χ1) is 9.55. The van der Waals surface area contributed by atoms with E-state index in [1.165, 1.54) is 4.31 Å². The van der Waals surface area contributed by atoms with Gasteiger partial charge in [-0.05, 0) is 37.5 Å². The molecule has 112 valence electrons. The van der Waals surface area contributed by atoms with Crippen molar-refractivity contribution in [2.24, 2.45) is 0 Å². The molecule has 1 unspecified atom stereocenters. The van der Waals surface area contributed by atoms with E-state index in [0.717, 1.165) is 18.4 Å². The molecule has 1 atom stereocenters. The van der Waals surface area contributed by atoms with E-state index in [0.29, 0.717) is 30.5 Å². The van der Waals surface area contributed by atoms with Crippen molar-refractivity contribution in [3.05, 3.63) is 29.8 Å². The number of hydrogen-bond donors (Lipinski definition) is 0. The molecule has 1 aromatic rings. The Morgan fingerprint density at radius 1 is 1.35 bits per heavy atom. The molecule has 0 aliphatic carbocycles. The lowest BCUT2D eigenvalue weighted by atomic mass is 10.1. The Bertz CT molecular complexity index is 530. The fourth-order valence-corrected chi connectivity index (χ4v) is 4.04. The Kier molecular flexibility index (Phi) is 5.43. The van der Waals surface area contributed by atoms with E-state index < -0.39 is 10.0 Å². The van der Waals surface area contributed by atoms with Crippen LogP contribution in [0.5, 0.6) is 0 Å². The number of sulfonamides is 1. The minimum atomic E-state index is -3.42. The van der Waals surface area contributed by atoms with E-state index in [-0.39, 0.29) is 6.04 Å². The van der Waals surface area contributed by atoms with Crippen molar-refractivity contribution in [2.45, 2.75) is 30.7 Å². The van der Waals surface area contributed by atoms with Gasteiger partial charge in [-0.1, -0.05) is 12.1 Å². The van der Waals surface area contributed by atoms with Gasteiger partial charge in [0.15, 0.2) is 0 Å². The fraction of sp³-hybridized carbons (Fsp3) is 0.571. The maximum atomic E-state index is 12.6. The maximum absolute atomic E-state index is 12.6. The van der Waals surface area contributed by atoms with Crippen LogP contribution in [-0.4, -0.2) is 44.4 Å². The molecule has 1 aliphatic rings. The van der Waals surface area contributed by atoms with Crippen LogP contribution in [0.3, 0.4) is 0 Å². The monoisotopic (exact) mass is 317 g/mol. The van der Waals surface area contributed by atoms with Gasteiger partial charge in [0.25, 0.3) is 0 Å². The number of rotatable bonds is 5. The molecule has 0 bridgehead atoms. The van der Waals surface area contributed by atoms with Crippen molar-refractivity contribution in [1.82, 2.24) is 4.31 Å². The summed E-state index contributed by atoms with van der Waals surface area (Å²) in [5, 5.41) is 0. The average molecular weight is 318 g/mol. The topological polar surface area (TPSA) is 46.6 Å². The summed E-state index contributed by atoms with van der Waals surface area (Å²) in [5.74, 6) is 0.616. The Hall–Kier alpha value is -0.620. The molecule has 0 amide bonds. The molecule has 0 N–H and O–H groups in total. The summed E-state index contributed by atoms with van der Waals surface area (Å²) in [6, 6.07) is 6.97. The summed E-state index contributed by atoms with van der Waals surface area (Å²) in [6.07, 6.45) is 1.77. The largest absolute Gasteiger partial charge is 0.378 e. The number of nitrogens with zero attached hydrogens (tertiary/aromatic N) is 1. The number of halogens is 1. The van der Waals surface area contributed by atoms with Crippen LogP contribution in [0, 0.1) is 0 Å². The van der Waals surface area contributed by atoms with Crippen LogP contribution in [0.2, 0.25) is 0 Å². The quantitative estimate of drug-likeness (QED) is 0.783.